The molecule has 2 heterocycles. The van der Waals surface area contributed by atoms with Crippen LogP contribution in [-0.4, -0.2) is 39.0 Å². The third-order valence-electron chi connectivity index (χ3n) is 3.91. The molecule has 0 fully saturated rings. The van der Waals surface area contributed by atoms with Crippen LogP contribution in [0.3, 0.4) is 0 Å². The first-order chi connectivity index (χ1) is 14.0. The van der Waals surface area contributed by atoms with E-state index >= 15 is 0 Å². The summed E-state index contributed by atoms with van der Waals surface area (Å²) in [6, 6.07) is 9.41. The standard InChI is InChI=1S/C19H19BrN4O3S2/c1-3-24-18(15-5-4-8-28-15)22-23-19(24)29-11-17(26)27-10-16(25)21-13-7-6-12(2)14(20)9-13/h4-9H,3,10-11H2,1-2H3,(H,21,25). The maximum absolute atomic E-state index is 12.0. The highest BCUT2D eigenvalue weighted by Gasteiger charge is 2.16. The van der Waals surface area contributed by atoms with E-state index in [0.29, 0.717) is 17.4 Å². The van der Waals surface area contributed by atoms with Crippen molar-refractivity contribution in [3.63, 3.8) is 0 Å². The van der Waals surface area contributed by atoms with Gasteiger partial charge in [-0.2, -0.15) is 0 Å². The second-order valence-corrected chi connectivity index (χ2v) is 8.73. The van der Waals surface area contributed by atoms with E-state index < -0.39 is 11.9 Å². The number of aromatic nitrogens is 3. The van der Waals surface area contributed by atoms with Crippen molar-refractivity contribution in [1.82, 2.24) is 14.8 Å². The number of aryl methyl sites for hydroxylation is 1. The Bertz CT molecular complexity index is 1010. The molecule has 10 heteroatoms. The number of halogens is 1. The Balaban J connectivity index is 1.49. The first kappa shape index (κ1) is 21.5. The zero-order valence-corrected chi connectivity index (χ0v) is 19.1. The second-order valence-electron chi connectivity index (χ2n) is 5.99. The largest absolute Gasteiger partial charge is 0.455 e. The van der Waals surface area contributed by atoms with Crippen molar-refractivity contribution in [3.8, 4) is 10.7 Å². The van der Waals surface area contributed by atoms with Crippen LogP contribution in [0, 0.1) is 6.92 Å². The third-order valence-corrected chi connectivity index (χ3v) is 6.57. The van der Waals surface area contributed by atoms with E-state index in [-0.39, 0.29) is 12.4 Å². The van der Waals surface area contributed by atoms with Gasteiger partial charge in [-0.05, 0) is 43.0 Å². The minimum atomic E-state index is -0.487. The monoisotopic (exact) mass is 494 g/mol. The molecule has 1 aromatic carbocycles. The normalized spacial score (nSPS) is 10.7. The predicted molar refractivity (Wildman–Crippen MR) is 118 cm³/mol. The van der Waals surface area contributed by atoms with Crippen LogP contribution in [0.5, 0.6) is 0 Å². The quantitative estimate of drug-likeness (QED) is 0.369. The highest BCUT2D eigenvalue weighted by molar-refractivity contribution is 9.10. The molecule has 2 aromatic heterocycles. The van der Waals surface area contributed by atoms with Crippen LogP contribution < -0.4 is 5.32 Å². The summed E-state index contributed by atoms with van der Waals surface area (Å²) in [5, 5.41) is 13.7. The number of hydrogen-bond acceptors (Lipinski definition) is 7. The fourth-order valence-corrected chi connectivity index (χ4v) is 4.34. The highest BCUT2D eigenvalue weighted by atomic mass is 79.9. The first-order valence-corrected chi connectivity index (χ1v) is 11.4. The van der Waals surface area contributed by atoms with E-state index in [4.69, 9.17) is 4.74 Å². The average Bonchev–Trinajstić information content (AvgIpc) is 3.36. The molecule has 29 heavy (non-hydrogen) atoms. The summed E-state index contributed by atoms with van der Waals surface area (Å²) in [7, 11) is 0. The molecule has 0 saturated carbocycles. The van der Waals surface area contributed by atoms with E-state index in [0.717, 1.165) is 20.7 Å². The molecule has 152 valence electrons. The number of nitrogens with zero attached hydrogens (tertiary/aromatic N) is 3. The average molecular weight is 495 g/mol. The first-order valence-electron chi connectivity index (χ1n) is 8.79. The van der Waals surface area contributed by atoms with Crippen LogP contribution in [0.4, 0.5) is 5.69 Å². The minimum absolute atomic E-state index is 0.0476. The highest BCUT2D eigenvalue weighted by Crippen LogP contribution is 2.27. The molecule has 0 radical (unpaired) electrons. The maximum Gasteiger partial charge on any atom is 0.316 e. The summed E-state index contributed by atoms with van der Waals surface area (Å²) in [5.41, 5.74) is 1.70. The summed E-state index contributed by atoms with van der Waals surface area (Å²) in [6.07, 6.45) is 0. The van der Waals surface area contributed by atoms with Crippen LogP contribution in [0.15, 0.2) is 45.3 Å². The molecule has 0 saturated heterocycles. The lowest BCUT2D eigenvalue weighted by Gasteiger charge is -2.08. The van der Waals surface area contributed by atoms with E-state index in [9.17, 15) is 9.59 Å². The summed E-state index contributed by atoms with van der Waals surface area (Å²) in [5.74, 6) is -0.0530. The lowest BCUT2D eigenvalue weighted by molar-refractivity contribution is -0.144. The summed E-state index contributed by atoms with van der Waals surface area (Å²) >= 11 is 6.24. The zero-order chi connectivity index (χ0) is 20.8. The molecule has 1 N–H and O–H groups in total. The van der Waals surface area contributed by atoms with Gasteiger partial charge in [0.1, 0.15) is 0 Å². The number of carbonyl (C=O) groups excluding carboxylic acids is 2. The number of hydrogen-bond donors (Lipinski definition) is 1. The van der Waals surface area contributed by atoms with Crippen molar-refractivity contribution >= 4 is 56.6 Å². The van der Waals surface area contributed by atoms with Gasteiger partial charge in [0.25, 0.3) is 5.91 Å². The topological polar surface area (TPSA) is 86.1 Å². The van der Waals surface area contributed by atoms with Crippen LogP contribution in [0.25, 0.3) is 10.7 Å². The molecule has 3 aromatic rings. The van der Waals surface area contributed by atoms with Crippen molar-refractivity contribution in [1.29, 1.82) is 0 Å². The smallest absolute Gasteiger partial charge is 0.316 e. The van der Waals surface area contributed by atoms with Crippen LogP contribution >= 0.6 is 39.0 Å². The molecule has 1 amide bonds. The summed E-state index contributed by atoms with van der Waals surface area (Å²) in [6.45, 7) is 4.30. The number of rotatable bonds is 8. The number of nitrogens with one attached hydrogen (secondary N) is 1. The SMILES string of the molecule is CCn1c(SCC(=O)OCC(=O)Nc2ccc(C)c(Br)c2)nnc1-c1cccs1. The Kier molecular flexibility index (Phi) is 7.45. The molecule has 0 aliphatic heterocycles. The zero-order valence-electron chi connectivity index (χ0n) is 15.8. The maximum atomic E-state index is 12.0. The lowest BCUT2D eigenvalue weighted by atomic mass is 10.2. The fourth-order valence-electron chi connectivity index (χ4n) is 2.45. The Morgan fingerprint density at radius 2 is 2.14 bits per heavy atom. The van der Waals surface area contributed by atoms with Gasteiger partial charge in [0.05, 0.1) is 10.6 Å². The number of benzene rings is 1. The van der Waals surface area contributed by atoms with Crippen molar-refractivity contribution in [2.24, 2.45) is 0 Å². The van der Waals surface area contributed by atoms with Gasteiger partial charge in [0.15, 0.2) is 17.6 Å². The van der Waals surface area contributed by atoms with E-state index in [1.165, 1.54) is 11.8 Å². The molecular formula is C19H19BrN4O3S2. The van der Waals surface area contributed by atoms with Gasteiger partial charge in [0.2, 0.25) is 0 Å². The number of carbonyl (C=O) groups is 2. The number of esters is 1. The van der Waals surface area contributed by atoms with Gasteiger partial charge in [-0.3, -0.25) is 9.59 Å². The molecule has 0 aliphatic carbocycles. The number of anilines is 1. The van der Waals surface area contributed by atoms with Crippen molar-refractivity contribution < 1.29 is 14.3 Å². The lowest BCUT2D eigenvalue weighted by Crippen LogP contribution is -2.21. The number of amides is 1. The van der Waals surface area contributed by atoms with Crippen LogP contribution in [0.1, 0.15) is 12.5 Å². The molecule has 3 rings (SSSR count). The van der Waals surface area contributed by atoms with E-state index in [1.54, 1.807) is 23.5 Å². The Morgan fingerprint density at radius 1 is 1.31 bits per heavy atom. The predicted octanol–water partition coefficient (Wildman–Crippen LogP) is 4.37. The molecular weight excluding hydrogens is 476 g/mol. The van der Waals surface area contributed by atoms with Gasteiger partial charge in [0, 0.05) is 16.7 Å². The molecule has 0 unspecified atom stereocenters. The van der Waals surface area contributed by atoms with Gasteiger partial charge in [-0.1, -0.05) is 39.8 Å². The van der Waals surface area contributed by atoms with Gasteiger partial charge in [-0.25, -0.2) is 0 Å². The molecule has 0 bridgehead atoms. The van der Waals surface area contributed by atoms with Gasteiger partial charge < -0.3 is 14.6 Å². The van der Waals surface area contributed by atoms with Crippen molar-refractivity contribution in [2.45, 2.75) is 25.5 Å². The second kappa shape index (κ2) is 10.0. The Labute approximate surface area is 185 Å². The third kappa shape index (κ3) is 5.68. The van der Waals surface area contributed by atoms with Crippen LogP contribution in [-0.2, 0) is 20.9 Å². The van der Waals surface area contributed by atoms with Crippen LogP contribution in [0.2, 0.25) is 0 Å². The summed E-state index contributed by atoms with van der Waals surface area (Å²) < 4.78 is 7.91. The van der Waals surface area contributed by atoms with Crippen molar-refractivity contribution in [3.05, 3.63) is 45.7 Å². The number of thiophene rings is 1. The fraction of sp³-hybridized carbons (Fsp3) is 0.263. The molecule has 7 nitrogen and oxygen atoms in total. The van der Waals surface area contributed by atoms with E-state index in [2.05, 4.69) is 31.4 Å². The Hall–Kier alpha value is -2.17. The Morgan fingerprint density at radius 3 is 2.83 bits per heavy atom. The molecule has 0 aliphatic rings. The molecule has 0 atom stereocenters. The number of thioether (sulfide) groups is 1. The summed E-state index contributed by atoms with van der Waals surface area (Å²) in [4.78, 5) is 25.0. The van der Waals surface area contributed by atoms with E-state index in [1.807, 2.05) is 42.0 Å². The number of ether oxygens (including phenoxy) is 1. The van der Waals surface area contributed by atoms with Crippen molar-refractivity contribution in [2.75, 3.05) is 17.7 Å². The van der Waals surface area contributed by atoms with Gasteiger partial charge in [-0.15, -0.1) is 21.5 Å². The van der Waals surface area contributed by atoms with Gasteiger partial charge >= 0.3 is 5.97 Å². The minimum Gasteiger partial charge on any atom is -0.455 e. The molecule has 0 spiro atoms.